The number of carbonyl (C=O) groups is 3. The molecule has 0 aliphatic rings. The summed E-state index contributed by atoms with van der Waals surface area (Å²) in [6.45, 7) is 1.34. The van der Waals surface area contributed by atoms with E-state index in [0.717, 1.165) is 0 Å². The Labute approximate surface area is 167 Å². The lowest BCUT2D eigenvalue weighted by atomic mass is 10.2. The van der Waals surface area contributed by atoms with Crippen LogP contribution in [0.4, 0.5) is 5.69 Å². The monoisotopic (exact) mass is 407 g/mol. The Balaban J connectivity index is 1.92. The van der Waals surface area contributed by atoms with Crippen LogP contribution in [0.1, 0.15) is 17.3 Å². The van der Waals surface area contributed by atoms with Gasteiger partial charge in [0.25, 0.3) is 5.91 Å². The lowest BCUT2D eigenvalue weighted by Crippen LogP contribution is -2.47. The highest BCUT2D eigenvalue weighted by Gasteiger charge is 2.22. The summed E-state index contributed by atoms with van der Waals surface area (Å²) < 4.78 is 0. The van der Waals surface area contributed by atoms with Crippen LogP contribution in [0.3, 0.4) is 0 Å². The van der Waals surface area contributed by atoms with Crippen molar-refractivity contribution in [1.82, 2.24) is 10.2 Å². The Morgan fingerprint density at radius 2 is 1.59 bits per heavy atom. The molecule has 0 fully saturated rings. The van der Waals surface area contributed by atoms with Crippen LogP contribution in [0.15, 0.2) is 48.5 Å². The van der Waals surface area contributed by atoms with Crippen LogP contribution >= 0.6 is 23.2 Å². The highest BCUT2D eigenvalue weighted by molar-refractivity contribution is 6.39. The minimum atomic E-state index is -0.792. The van der Waals surface area contributed by atoms with Gasteiger partial charge >= 0.3 is 0 Å². The second-order valence-corrected chi connectivity index (χ2v) is 6.71. The molecule has 0 heterocycles. The Hall–Kier alpha value is -2.57. The van der Waals surface area contributed by atoms with Crippen molar-refractivity contribution in [3.63, 3.8) is 0 Å². The fourth-order valence-electron chi connectivity index (χ4n) is 2.35. The number of amides is 3. The van der Waals surface area contributed by atoms with Crippen molar-refractivity contribution in [2.45, 2.75) is 13.0 Å². The van der Waals surface area contributed by atoms with Crippen molar-refractivity contribution < 1.29 is 14.4 Å². The molecule has 0 bridgehead atoms. The van der Waals surface area contributed by atoms with Gasteiger partial charge in [-0.3, -0.25) is 14.4 Å². The highest BCUT2D eigenvalue weighted by Crippen LogP contribution is 2.29. The summed E-state index contributed by atoms with van der Waals surface area (Å²) in [5.41, 5.74) is 0.739. The summed E-state index contributed by atoms with van der Waals surface area (Å²) in [6.07, 6.45) is 0. The fraction of sp³-hybridized carbons (Fsp3) is 0.211. The highest BCUT2D eigenvalue weighted by atomic mass is 35.5. The summed E-state index contributed by atoms with van der Waals surface area (Å²) in [7, 11) is 1.47. The van der Waals surface area contributed by atoms with Crippen molar-refractivity contribution in [2.24, 2.45) is 0 Å². The first kappa shape index (κ1) is 20.7. The van der Waals surface area contributed by atoms with E-state index in [-0.39, 0.29) is 18.1 Å². The van der Waals surface area contributed by atoms with Gasteiger partial charge < -0.3 is 15.5 Å². The van der Waals surface area contributed by atoms with E-state index in [0.29, 0.717) is 15.6 Å². The lowest BCUT2D eigenvalue weighted by molar-refractivity contribution is -0.134. The van der Waals surface area contributed by atoms with Crippen molar-refractivity contribution in [2.75, 3.05) is 18.9 Å². The van der Waals surface area contributed by atoms with Crippen LogP contribution < -0.4 is 10.6 Å². The quantitative estimate of drug-likeness (QED) is 0.771. The number of anilines is 1. The Kier molecular flexibility index (Phi) is 7.21. The van der Waals surface area contributed by atoms with Crippen LogP contribution in [0.5, 0.6) is 0 Å². The molecule has 3 amide bonds. The predicted molar refractivity (Wildman–Crippen MR) is 106 cm³/mol. The third kappa shape index (κ3) is 5.70. The summed E-state index contributed by atoms with van der Waals surface area (Å²) >= 11 is 12.0. The summed E-state index contributed by atoms with van der Waals surface area (Å²) in [4.78, 5) is 37.9. The maximum Gasteiger partial charge on any atom is 0.251 e. The molecule has 0 saturated carbocycles. The predicted octanol–water partition coefficient (Wildman–Crippen LogP) is 3.21. The molecule has 0 aliphatic carbocycles. The van der Waals surface area contributed by atoms with Gasteiger partial charge in [0, 0.05) is 12.6 Å². The first-order valence-electron chi connectivity index (χ1n) is 8.14. The standard InChI is InChI=1S/C19H19Cl2N3O3/c1-12(22-18(26)13-7-4-3-5-8-13)19(27)24(2)11-16(25)23-17-14(20)9-6-10-15(17)21/h3-10,12H,11H2,1-2H3,(H,22,26)(H,23,25). The third-order valence-electron chi connectivity index (χ3n) is 3.74. The molecule has 0 saturated heterocycles. The summed E-state index contributed by atoms with van der Waals surface area (Å²) in [5, 5.41) is 5.80. The van der Waals surface area contributed by atoms with E-state index in [1.165, 1.54) is 11.9 Å². The minimum absolute atomic E-state index is 0.216. The van der Waals surface area contributed by atoms with Gasteiger partial charge in [-0.15, -0.1) is 0 Å². The maximum absolute atomic E-state index is 12.4. The topological polar surface area (TPSA) is 78.5 Å². The number of para-hydroxylation sites is 1. The van der Waals surface area contributed by atoms with E-state index in [4.69, 9.17) is 23.2 Å². The van der Waals surface area contributed by atoms with Gasteiger partial charge in [0.1, 0.15) is 6.04 Å². The Morgan fingerprint density at radius 1 is 1.00 bits per heavy atom. The van der Waals surface area contributed by atoms with Gasteiger partial charge in [0.05, 0.1) is 22.3 Å². The number of hydrogen-bond acceptors (Lipinski definition) is 3. The van der Waals surface area contributed by atoms with Gasteiger partial charge in [-0.1, -0.05) is 47.5 Å². The van der Waals surface area contributed by atoms with Crippen molar-refractivity contribution >= 4 is 46.6 Å². The lowest BCUT2D eigenvalue weighted by Gasteiger charge is -2.22. The van der Waals surface area contributed by atoms with E-state index in [1.54, 1.807) is 55.5 Å². The average Bonchev–Trinajstić information content (AvgIpc) is 2.64. The largest absolute Gasteiger partial charge is 0.341 e. The average molecular weight is 408 g/mol. The zero-order valence-electron chi connectivity index (χ0n) is 14.8. The Bertz CT molecular complexity index is 823. The number of carbonyl (C=O) groups excluding carboxylic acids is 3. The SMILES string of the molecule is CC(NC(=O)c1ccccc1)C(=O)N(C)CC(=O)Nc1c(Cl)cccc1Cl. The fourth-order valence-corrected chi connectivity index (χ4v) is 2.84. The molecule has 2 aromatic rings. The molecule has 1 atom stereocenters. The van der Waals surface area contributed by atoms with Gasteiger partial charge in [-0.25, -0.2) is 0 Å². The van der Waals surface area contributed by atoms with Crippen LogP contribution in [0, 0.1) is 0 Å². The first-order valence-corrected chi connectivity index (χ1v) is 8.90. The number of halogens is 2. The second-order valence-electron chi connectivity index (χ2n) is 5.90. The molecule has 0 aromatic heterocycles. The third-order valence-corrected chi connectivity index (χ3v) is 4.37. The van der Waals surface area contributed by atoms with E-state index in [9.17, 15) is 14.4 Å². The number of likely N-dealkylation sites (N-methyl/N-ethyl adjacent to an activating group) is 1. The molecular weight excluding hydrogens is 389 g/mol. The molecule has 0 radical (unpaired) electrons. The van der Waals surface area contributed by atoms with Gasteiger partial charge in [-0.05, 0) is 31.2 Å². The van der Waals surface area contributed by atoms with E-state index in [2.05, 4.69) is 10.6 Å². The van der Waals surface area contributed by atoms with Crippen LogP contribution in [0.2, 0.25) is 10.0 Å². The minimum Gasteiger partial charge on any atom is -0.341 e. The Morgan fingerprint density at radius 3 is 2.19 bits per heavy atom. The number of rotatable bonds is 6. The first-order chi connectivity index (χ1) is 12.8. The second kappa shape index (κ2) is 9.39. The smallest absolute Gasteiger partial charge is 0.251 e. The molecule has 6 nitrogen and oxygen atoms in total. The van der Waals surface area contributed by atoms with Crippen LogP contribution in [0.25, 0.3) is 0 Å². The molecule has 0 spiro atoms. The van der Waals surface area contributed by atoms with Crippen molar-refractivity contribution in [1.29, 1.82) is 0 Å². The zero-order valence-corrected chi connectivity index (χ0v) is 16.3. The van der Waals surface area contributed by atoms with E-state index >= 15 is 0 Å². The number of hydrogen-bond donors (Lipinski definition) is 2. The maximum atomic E-state index is 12.4. The van der Waals surface area contributed by atoms with Crippen LogP contribution in [-0.4, -0.2) is 42.3 Å². The number of nitrogens with zero attached hydrogens (tertiary/aromatic N) is 1. The normalized spacial score (nSPS) is 11.4. The number of benzene rings is 2. The van der Waals surface area contributed by atoms with E-state index in [1.807, 2.05) is 0 Å². The molecule has 0 aliphatic heterocycles. The molecule has 142 valence electrons. The summed E-state index contributed by atoms with van der Waals surface area (Å²) in [6, 6.07) is 12.6. The molecule has 1 unspecified atom stereocenters. The van der Waals surface area contributed by atoms with Crippen LogP contribution in [-0.2, 0) is 9.59 Å². The van der Waals surface area contributed by atoms with Crippen molar-refractivity contribution in [3.05, 3.63) is 64.1 Å². The number of nitrogens with one attached hydrogen (secondary N) is 2. The van der Waals surface area contributed by atoms with Gasteiger partial charge in [0.2, 0.25) is 11.8 Å². The van der Waals surface area contributed by atoms with E-state index < -0.39 is 17.9 Å². The van der Waals surface area contributed by atoms with Crippen molar-refractivity contribution in [3.8, 4) is 0 Å². The molecule has 27 heavy (non-hydrogen) atoms. The zero-order chi connectivity index (χ0) is 20.0. The van der Waals surface area contributed by atoms with Gasteiger partial charge in [0.15, 0.2) is 0 Å². The molecule has 2 aromatic carbocycles. The molecule has 8 heteroatoms. The molecule has 2 rings (SSSR count). The summed E-state index contributed by atoms with van der Waals surface area (Å²) in [5.74, 6) is -1.22. The molecular formula is C19H19Cl2N3O3. The molecule has 2 N–H and O–H groups in total. The van der Waals surface area contributed by atoms with Gasteiger partial charge in [-0.2, -0.15) is 0 Å².